The Balaban J connectivity index is 2.11. The number of halogens is 1. The second-order valence-electron chi connectivity index (χ2n) is 4.01. The van der Waals surface area contributed by atoms with Crippen LogP contribution in [0.1, 0.15) is 28.5 Å². The summed E-state index contributed by atoms with van der Waals surface area (Å²) in [5, 5.41) is 3.93. The van der Waals surface area contributed by atoms with Crippen molar-refractivity contribution >= 4 is 22.3 Å². The molecule has 1 heterocycles. The van der Waals surface area contributed by atoms with Crippen molar-refractivity contribution in [2.45, 2.75) is 20.4 Å². The summed E-state index contributed by atoms with van der Waals surface area (Å²) in [7, 11) is 0. The number of ketones is 1. The fourth-order valence-corrected chi connectivity index (χ4v) is 2.53. The number of hydrogen-bond donors (Lipinski definition) is 1. The first-order valence-electron chi connectivity index (χ1n) is 5.53. The minimum absolute atomic E-state index is 0.00264. The molecule has 3 nitrogen and oxygen atoms in total. The van der Waals surface area contributed by atoms with E-state index in [2.05, 4.69) is 9.69 Å². The van der Waals surface area contributed by atoms with Crippen molar-refractivity contribution in [3.05, 3.63) is 46.9 Å². The number of hydrogen-bond acceptors (Lipinski definition) is 4. The van der Waals surface area contributed by atoms with Gasteiger partial charge in [0, 0.05) is 6.54 Å². The molecule has 0 amide bonds. The van der Waals surface area contributed by atoms with Crippen molar-refractivity contribution in [3.63, 3.8) is 0 Å². The van der Waals surface area contributed by atoms with Crippen molar-refractivity contribution in [1.29, 1.82) is 0 Å². The Morgan fingerprint density at radius 3 is 2.67 bits per heavy atom. The van der Waals surface area contributed by atoms with Gasteiger partial charge < -0.3 is 5.32 Å². The molecular formula is C13H13FN2OS. The molecule has 2 aromatic rings. The zero-order valence-corrected chi connectivity index (χ0v) is 11.0. The van der Waals surface area contributed by atoms with E-state index in [0.29, 0.717) is 12.1 Å². The summed E-state index contributed by atoms with van der Waals surface area (Å²) in [4.78, 5) is 11.5. The molecule has 0 bridgehead atoms. The summed E-state index contributed by atoms with van der Waals surface area (Å²) in [6.45, 7) is 3.89. The van der Waals surface area contributed by atoms with Crippen molar-refractivity contribution in [2.75, 3.05) is 5.32 Å². The molecule has 1 N–H and O–H groups in total. The summed E-state index contributed by atoms with van der Waals surface area (Å²) in [6.07, 6.45) is 0. The maximum Gasteiger partial charge on any atom is 0.164 e. The van der Waals surface area contributed by atoms with Gasteiger partial charge in [-0.25, -0.2) is 4.39 Å². The molecule has 0 fully saturated rings. The van der Waals surface area contributed by atoms with Crippen LogP contribution in [0.2, 0.25) is 0 Å². The van der Waals surface area contributed by atoms with Gasteiger partial charge >= 0.3 is 0 Å². The highest BCUT2D eigenvalue weighted by molar-refractivity contribution is 7.10. The lowest BCUT2D eigenvalue weighted by Crippen LogP contribution is -2.03. The molecule has 0 aliphatic carbocycles. The number of nitrogens with one attached hydrogen (secondary N) is 1. The molecule has 0 saturated heterocycles. The molecule has 1 aromatic carbocycles. The lowest BCUT2D eigenvalue weighted by Gasteiger charge is -2.05. The van der Waals surface area contributed by atoms with Crippen molar-refractivity contribution in [2.24, 2.45) is 0 Å². The number of aromatic nitrogens is 1. The normalized spacial score (nSPS) is 10.4. The topological polar surface area (TPSA) is 42.0 Å². The second-order valence-corrected chi connectivity index (χ2v) is 4.78. The predicted molar refractivity (Wildman–Crippen MR) is 70.6 cm³/mol. The van der Waals surface area contributed by atoms with Gasteiger partial charge in [-0.1, -0.05) is 12.1 Å². The zero-order valence-electron chi connectivity index (χ0n) is 10.2. The van der Waals surface area contributed by atoms with Gasteiger partial charge in [-0.05, 0) is 43.1 Å². The molecule has 2 rings (SSSR count). The van der Waals surface area contributed by atoms with E-state index in [1.54, 1.807) is 12.1 Å². The van der Waals surface area contributed by atoms with Crippen molar-refractivity contribution < 1.29 is 9.18 Å². The maximum atomic E-state index is 12.8. The number of anilines is 1. The molecule has 0 saturated carbocycles. The molecule has 5 heteroatoms. The van der Waals surface area contributed by atoms with Crippen molar-refractivity contribution in [1.82, 2.24) is 4.37 Å². The van der Waals surface area contributed by atoms with Gasteiger partial charge in [0.05, 0.1) is 11.3 Å². The van der Waals surface area contributed by atoms with E-state index >= 15 is 0 Å². The van der Waals surface area contributed by atoms with Crippen LogP contribution in [0.25, 0.3) is 0 Å². The van der Waals surface area contributed by atoms with E-state index in [-0.39, 0.29) is 11.6 Å². The molecule has 0 atom stereocenters. The summed E-state index contributed by atoms with van der Waals surface area (Å²) in [5.74, 6) is -0.250. The van der Waals surface area contributed by atoms with E-state index in [9.17, 15) is 9.18 Å². The fourth-order valence-electron chi connectivity index (χ4n) is 1.69. The second kappa shape index (κ2) is 5.27. The molecule has 0 radical (unpaired) electrons. The summed E-state index contributed by atoms with van der Waals surface area (Å²) >= 11 is 1.27. The molecular weight excluding hydrogens is 251 g/mol. The van der Waals surface area contributed by atoms with Crippen LogP contribution in [-0.4, -0.2) is 10.2 Å². The Hall–Kier alpha value is -1.75. The Bertz CT molecular complexity index is 563. The van der Waals surface area contributed by atoms with Crippen LogP contribution in [-0.2, 0) is 6.54 Å². The molecule has 0 unspecified atom stereocenters. The van der Waals surface area contributed by atoms with Gasteiger partial charge in [0.2, 0.25) is 0 Å². The number of nitrogens with zero attached hydrogens (tertiary/aromatic N) is 1. The minimum Gasteiger partial charge on any atom is -0.371 e. The number of aryl methyl sites for hydroxylation is 1. The first-order valence-corrected chi connectivity index (χ1v) is 6.31. The maximum absolute atomic E-state index is 12.8. The minimum atomic E-state index is -0.253. The smallest absolute Gasteiger partial charge is 0.164 e. The summed E-state index contributed by atoms with van der Waals surface area (Å²) in [5.41, 5.74) is 2.34. The summed E-state index contributed by atoms with van der Waals surface area (Å²) < 4.78 is 16.9. The van der Waals surface area contributed by atoms with Crippen LogP contribution < -0.4 is 5.32 Å². The predicted octanol–water partition coefficient (Wildman–Crippen LogP) is 3.41. The highest BCUT2D eigenvalue weighted by Crippen LogP contribution is 2.25. The van der Waals surface area contributed by atoms with Crippen LogP contribution in [0.4, 0.5) is 9.39 Å². The van der Waals surface area contributed by atoms with E-state index in [1.807, 2.05) is 6.92 Å². The molecule has 0 spiro atoms. The summed E-state index contributed by atoms with van der Waals surface area (Å²) in [6, 6.07) is 6.26. The number of rotatable bonds is 4. The first kappa shape index (κ1) is 12.7. The van der Waals surface area contributed by atoms with Gasteiger partial charge in [0.15, 0.2) is 5.78 Å². The Morgan fingerprint density at radius 1 is 1.39 bits per heavy atom. The number of Topliss-reactive ketones (excluding diaryl/α,β-unsaturated/α-hetero) is 1. The molecule has 0 aliphatic rings. The number of benzene rings is 1. The Morgan fingerprint density at radius 2 is 2.06 bits per heavy atom. The van der Waals surface area contributed by atoms with Crippen LogP contribution in [0, 0.1) is 12.7 Å². The molecule has 18 heavy (non-hydrogen) atoms. The van der Waals surface area contributed by atoms with Gasteiger partial charge in [0.25, 0.3) is 0 Å². The Kier molecular flexibility index (Phi) is 3.72. The lowest BCUT2D eigenvalue weighted by atomic mass is 10.1. The van der Waals surface area contributed by atoms with Crippen LogP contribution in [0.3, 0.4) is 0 Å². The van der Waals surface area contributed by atoms with Crippen LogP contribution in [0.5, 0.6) is 0 Å². The third kappa shape index (κ3) is 2.73. The van der Waals surface area contributed by atoms with Crippen LogP contribution in [0.15, 0.2) is 24.3 Å². The third-order valence-corrected chi connectivity index (χ3v) is 3.48. The SMILES string of the molecule is CC(=O)c1c(C)nsc1NCc1ccc(F)cc1. The lowest BCUT2D eigenvalue weighted by molar-refractivity contribution is 0.101. The van der Waals surface area contributed by atoms with E-state index in [1.165, 1.54) is 30.6 Å². The van der Waals surface area contributed by atoms with Crippen LogP contribution >= 0.6 is 11.5 Å². The average Bonchev–Trinajstić information content (AvgIpc) is 2.70. The van der Waals surface area contributed by atoms with Gasteiger partial charge in [-0.3, -0.25) is 4.79 Å². The van der Waals surface area contributed by atoms with E-state index in [4.69, 9.17) is 0 Å². The van der Waals surface area contributed by atoms with Gasteiger partial charge in [-0.2, -0.15) is 4.37 Å². The van der Waals surface area contributed by atoms with E-state index in [0.717, 1.165) is 16.3 Å². The number of carbonyl (C=O) groups is 1. The van der Waals surface area contributed by atoms with E-state index < -0.39 is 0 Å². The molecule has 1 aromatic heterocycles. The average molecular weight is 264 g/mol. The fraction of sp³-hybridized carbons (Fsp3) is 0.231. The highest BCUT2D eigenvalue weighted by atomic mass is 32.1. The zero-order chi connectivity index (χ0) is 13.1. The number of carbonyl (C=O) groups excluding carboxylic acids is 1. The molecule has 94 valence electrons. The Labute approximate surface area is 109 Å². The molecule has 0 aliphatic heterocycles. The highest BCUT2D eigenvalue weighted by Gasteiger charge is 2.14. The monoisotopic (exact) mass is 264 g/mol. The van der Waals surface area contributed by atoms with Gasteiger partial charge in [-0.15, -0.1) is 0 Å². The third-order valence-electron chi connectivity index (χ3n) is 2.58. The van der Waals surface area contributed by atoms with Crippen molar-refractivity contribution in [3.8, 4) is 0 Å². The first-order chi connectivity index (χ1) is 8.58. The quantitative estimate of drug-likeness (QED) is 0.860. The standard InChI is InChI=1S/C13H13FN2OS/c1-8-12(9(2)17)13(18-16-8)15-7-10-3-5-11(14)6-4-10/h3-6,15H,7H2,1-2H3. The van der Waals surface area contributed by atoms with Gasteiger partial charge in [0.1, 0.15) is 10.8 Å². The largest absolute Gasteiger partial charge is 0.371 e.